The second-order valence-corrected chi connectivity index (χ2v) is 6.58. The Balaban J connectivity index is 2.13. The van der Waals surface area contributed by atoms with E-state index in [2.05, 4.69) is 21.2 Å². The Labute approximate surface area is 156 Å². The van der Waals surface area contributed by atoms with Crippen molar-refractivity contribution in [2.45, 2.75) is 19.3 Å². The number of alkyl halides is 3. The molecule has 0 saturated heterocycles. The highest BCUT2D eigenvalue weighted by atomic mass is 79.9. The fraction of sp³-hybridized carbons (Fsp3) is 0.294. The van der Waals surface area contributed by atoms with Crippen LogP contribution in [0.4, 0.5) is 13.2 Å². The van der Waals surface area contributed by atoms with Crippen LogP contribution in [0.15, 0.2) is 40.9 Å². The number of hydrogen-bond acceptors (Lipinski definition) is 3. The van der Waals surface area contributed by atoms with Gasteiger partial charge in [-0.2, -0.15) is 13.2 Å². The predicted molar refractivity (Wildman–Crippen MR) is 93.7 cm³/mol. The first-order chi connectivity index (χ1) is 11.8. The van der Waals surface area contributed by atoms with E-state index in [0.29, 0.717) is 24.4 Å². The lowest BCUT2D eigenvalue weighted by Gasteiger charge is -2.14. The van der Waals surface area contributed by atoms with Gasteiger partial charge in [0, 0.05) is 23.1 Å². The van der Waals surface area contributed by atoms with Crippen LogP contribution in [-0.4, -0.2) is 18.3 Å². The van der Waals surface area contributed by atoms with E-state index in [1.165, 1.54) is 12.1 Å². The first-order valence-corrected chi connectivity index (χ1v) is 8.57. The van der Waals surface area contributed by atoms with E-state index in [-0.39, 0.29) is 18.2 Å². The monoisotopic (exact) mass is 437 g/mol. The van der Waals surface area contributed by atoms with Crippen LogP contribution in [-0.2, 0) is 19.3 Å². The summed E-state index contributed by atoms with van der Waals surface area (Å²) in [6, 6.07) is 9.08. The van der Waals surface area contributed by atoms with Crippen molar-refractivity contribution in [3.63, 3.8) is 0 Å². The van der Waals surface area contributed by atoms with Crippen LogP contribution in [0.2, 0.25) is 5.02 Å². The number of benzene rings is 2. The molecule has 0 bridgehead atoms. The second kappa shape index (κ2) is 8.89. The molecular formula is C17H16BrClF3NO2. The summed E-state index contributed by atoms with van der Waals surface area (Å²) in [6.07, 6.45) is -4.51. The van der Waals surface area contributed by atoms with Crippen LogP contribution in [0, 0.1) is 0 Å². The molecule has 0 unspecified atom stereocenters. The first kappa shape index (κ1) is 20.0. The van der Waals surface area contributed by atoms with Crippen molar-refractivity contribution < 1.29 is 23.0 Å². The normalized spacial score (nSPS) is 11.6. The third kappa shape index (κ3) is 5.88. The topological polar surface area (TPSA) is 41.5 Å². The summed E-state index contributed by atoms with van der Waals surface area (Å²) in [4.78, 5) is 0. The molecule has 2 aromatic carbocycles. The minimum absolute atomic E-state index is 0.00911. The van der Waals surface area contributed by atoms with Gasteiger partial charge in [-0.1, -0.05) is 33.6 Å². The number of hydrogen-bond donors (Lipinski definition) is 2. The van der Waals surface area contributed by atoms with Crippen LogP contribution >= 0.6 is 27.5 Å². The molecule has 0 atom stereocenters. The summed E-state index contributed by atoms with van der Waals surface area (Å²) in [5, 5.41) is 11.5. The van der Waals surface area contributed by atoms with Gasteiger partial charge in [-0.3, -0.25) is 0 Å². The van der Waals surface area contributed by atoms with Gasteiger partial charge in [-0.15, -0.1) is 0 Å². The van der Waals surface area contributed by atoms with E-state index in [0.717, 1.165) is 16.1 Å². The lowest BCUT2D eigenvalue weighted by Crippen LogP contribution is -2.18. The summed E-state index contributed by atoms with van der Waals surface area (Å²) >= 11 is 8.99. The zero-order valence-electron chi connectivity index (χ0n) is 13.0. The molecule has 25 heavy (non-hydrogen) atoms. The van der Waals surface area contributed by atoms with E-state index in [1.807, 2.05) is 6.07 Å². The average molecular weight is 439 g/mol. The largest absolute Gasteiger partial charge is 0.489 e. The van der Waals surface area contributed by atoms with Crippen molar-refractivity contribution in [3.8, 4) is 5.75 Å². The first-order valence-electron chi connectivity index (χ1n) is 7.39. The molecule has 0 saturated carbocycles. The summed E-state index contributed by atoms with van der Waals surface area (Å²) in [6.45, 7) is 0.881. The summed E-state index contributed by atoms with van der Waals surface area (Å²) in [5.41, 5.74) is 0.317. The molecule has 2 N–H and O–H groups in total. The van der Waals surface area contributed by atoms with Crippen molar-refractivity contribution >= 4 is 27.5 Å². The van der Waals surface area contributed by atoms with Crippen molar-refractivity contribution in [2.24, 2.45) is 0 Å². The van der Waals surface area contributed by atoms with Crippen molar-refractivity contribution in [2.75, 3.05) is 13.2 Å². The zero-order valence-corrected chi connectivity index (χ0v) is 15.4. The second-order valence-electron chi connectivity index (χ2n) is 5.25. The maximum Gasteiger partial charge on any atom is 0.417 e. The van der Waals surface area contributed by atoms with Gasteiger partial charge in [-0.05, 0) is 35.9 Å². The van der Waals surface area contributed by atoms with Gasteiger partial charge in [-0.25, -0.2) is 0 Å². The summed E-state index contributed by atoms with van der Waals surface area (Å²) < 4.78 is 45.3. The van der Waals surface area contributed by atoms with E-state index >= 15 is 0 Å². The summed E-state index contributed by atoms with van der Waals surface area (Å²) in [7, 11) is 0. The van der Waals surface area contributed by atoms with E-state index in [4.69, 9.17) is 21.4 Å². The zero-order chi connectivity index (χ0) is 18.4. The number of rotatable bonds is 7. The van der Waals surface area contributed by atoms with Crippen LogP contribution in [0.1, 0.15) is 16.7 Å². The Bertz CT molecular complexity index is 726. The molecular weight excluding hydrogens is 423 g/mol. The van der Waals surface area contributed by atoms with Crippen molar-refractivity contribution in [3.05, 3.63) is 62.6 Å². The highest BCUT2D eigenvalue weighted by Gasteiger charge is 2.33. The van der Waals surface area contributed by atoms with Gasteiger partial charge >= 0.3 is 6.18 Å². The lowest BCUT2D eigenvalue weighted by molar-refractivity contribution is -0.137. The fourth-order valence-electron chi connectivity index (χ4n) is 2.17. The smallest absolute Gasteiger partial charge is 0.417 e. The van der Waals surface area contributed by atoms with Gasteiger partial charge in [0.1, 0.15) is 12.4 Å². The maximum absolute atomic E-state index is 12.9. The van der Waals surface area contributed by atoms with Crippen LogP contribution in [0.3, 0.4) is 0 Å². The molecule has 0 spiro atoms. The Morgan fingerprint density at radius 3 is 2.60 bits per heavy atom. The van der Waals surface area contributed by atoms with E-state index < -0.39 is 11.7 Å². The molecule has 0 aliphatic rings. The van der Waals surface area contributed by atoms with Crippen LogP contribution < -0.4 is 10.1 Å². The number of aliphatic hydroxyl groups excluding tert-OH is 1. The molecule has 0 amide bonds. The Morgan fingerprint density at radius 1 is 1.16 bits per heavy atom. The average Bonchev–Trinajstić information content (AvgIpc) is 2.54. The molecule has 0 radical (unpaired) electrons. The Hall–Kier alpha value is -1.28. The minimum atomic E-state index is -4.51. The standard InChI is InChI=1S/C17H16BrClF3NO2/c18-13-2-4-16(12(8-13)9-23-5-6-24)25-10-11-1-3-15(19)14(7-11)17(20,21)22/h1-4,7-8,23-24H,5-6,9-10H2. The number of ether oxygens (including phenoxy) is 1. The molecule has 0 aromatic heterocycles. The maximum atomic E-state index is 12.9. The van der Waals surface area contributed by atoms with E-state index in [1.54, 1.807) is 12.1 Å². The molecule has 0 heterocycles. The number of nitrogens with one attached hydrogen (secondary N) is 1. The highest BCUT2D eigenvalue weighted by molar-refractivity contribution is 9.10. The third-order valence-electron chi connectivity index (χ3n) is 3.36. The molecule has 8 heteroatoms. The SMILES string of the molecule is OCCNCc1cc(Br)ccc1OCc1ccc(Cl)c(C(F)(F)F)c1. The van der Waals surface area contributed by atoms with Crippen molar-refractivity contribution in [1.29, 1.82) is 0 Å². The van der Waals surface area contributed by atoms with Gasteiger partial charge in [0.2, 0.25) is 0 Å². The molecule has 3 nitrogen and oxygen atoms in total. The molecule has 2 rings (SSSR count). The number of halogens is 5. The molecule has 0 aliphatic heterocycles. The van der Waals surface area contributed by atoms with Crippen molar-refractivity contribution in [1.82, 2.24) is 5.32 Å². The van der Waals surface area contributed by atoms with Gasteiger partial charge in [0.15, 0.2) is 0 Å². The van der Waals surface area contributed by atoms with Gasteiger partial charge in [0.25, 0.3) is 0 Å². The lowest BCUT2D eigenvalue weighted by atomic mass is 10.1. The molecule has 2 aromatic rings. The Kier molecular flexibility index (Phi) is 7.13. The highest BCUT2D eigenvalue weighted by Crippen LogP contribution is 2.35. The van der Waals surface area contributed by atoms with Crippen LogP contribution in [0.5, 0.6) is 5.75 Å². The fourth-order valence-corrected chi connectivity index (χ4v) is 2.80. The predicted octanol–water partition coefficient (Wildman–Crippen LogP) is 4.78. The minimum Gasteiger partial charge on any atom is -0.489 e. The quantitative estimate of drug-likeness (QED) is 0.611. The summed E-state index contributed by atoms with van der Waals surface area (Å²) in [5.74, 6) is 0.553. The molecule has 136 valence electrons. The third-order valence-corrected chi connectivity index (χ3v) is 4.18. The molecule has 0 fully saturated rings. The molecule has 0 aliphatic carbocycles. The van der Waals surface area contributed by atoms with E-state index in [9.17, 15) is 13.2 Å². The Morgan fingerprint density at radius 2 is 1.92 bits per heavy atom. The van der Waals surface area contributed by atoms with Gasteiger partial charge < -0.3 is 15.2 Å². The number of aliphatic hydroxyl groups is 1. The van der Waals surface area contributed by atoms with Crippen LogP contribution in [0.25, 0.3) is 0 Å². The van der Waals surface area contributed by atoms with Gasteiger partial charge in [0.05, 0.1) is 17.2 Å².